The number of nitrogens with two attached hydrogens (primary N) is 1. The maximum Gasteiger partial charge on any atom is 0.124 e. The number of aromatic nitrogens is 2. The molecule has 1 aliphatic heterocycles. The van der Waals surface area contributed by atoms with Crippen LogP contribution in [-0.2, 0) is 19.4 Å². The molecule has 0 atom stereocenters. The van der Waals surface area contributed by atoms with Gasteiger partial charge in [-0.05, 0) is 25.2 Å². The lowest BCUT2D eigenvalue weighted by Gasteiger charge is -2.17. The molecule has 0 radical (unpaired) electrons. The van der Waals surface area contributed by atoms with Crippen LogP contribution in [0.5, 0.6) is 0 Å². The molecule has 16 heavy (non-hydrogen) atoms. The fourth-order valence-corrected chi connectivity index (χ4v) is 2.50. The van der Waals surface area contributed by atoms with Crippen molar-refractivity contribution in [2.24, 2.45) is 11.7 Å². The van der Waals surface area contributed by atoms with Gasteiger partial charge in [-0.25, -0.2) is 4.98 Å². The molecule has 0 saturated heterocycles. The largest absolute Gasteiger partial charge is 0.388 e. The lowest BCUT2D eigenvalue weighted by atomic mass is 10.1. The van der Waals surface area contributed by atoms with E-state index in [-0.39, 0.29) is 0 Å². The predicted molar refractivity (Wildman–Crippen MR) is 69.6 cm³/mol. The van der Waals surface area contributed by atoms with Gasteiger partial charge < -0.3 is 10.3 Å². The molecule has 4 heteroatoms. The van der Waals surface area contributed by atoms with Gasteiger partial charge in [-0.1, -0.05) is 26.1 Å². The summed E-state index contributed by atoms with van der Waals surface area (Å²) in [5.74, 6) is 1.78. The second kappa shape index (κ2) is 4.53. The highest BCUT2D eigenvalue weighted by atomic mass is 32.1. The summed E-state index contributed by atoms with van der Waals surface area (Å²) >= 11 is 5.08. The average molecular weight is 237 g/mol. The van der Waals surface area contributed by atoms with E-state index in [2.05, 4.69) is 23.4 Å². The number of imidazole rings is 1. The van der Waals surface area contributed by atoms with E-state index in [4.69, 9.17) is 18.0 Å². The molecule has 2 N–H and O–H groups in total. The van der Waals surface area contributed by atoms with Crippen molar-refractivity contribution in [1.82, 2.24) is 9.55 Å². The standard InChI is InChI=1S/C12H19N3S/c1-8(2)7-10-14-11(12(13)16)9-5-3-4-6-15(9)10/h8H,3-7H2,1-2H3,(H2,13,16). The number of nitrogens with zero attached hydrogens (tertiary/aromatic N) is 2. The van der Waals surface area contributed by atoms with E-state index in [1.54, 1.807) is 0 Å². The van der Waals surface area contributed by atoms with Crippen molar-refractivity contribution in [2.45, 2.75) is 46.1 Å². The lowest BCUT2D eigenvalue weighted by molar-refractivity contribution is 0.495. The van der Waals surface area contributed by atoms with Crippen molar-refractivity contribution >= 4 is 17.2 Å². The van der Waals surface area contributed by atoms with E-state index in [1.165, 1.54) is 18.5 Å². The smallest absolute Gasteiger partial charge is 0.124 e. The zero-order valence-electron chi connectivity index (χ0n) is 9.99. The van der Waals surface area contributed by atoms with Crippen LogP contribution in [0.4, 0.5) is 0 Å². The Hall–Kier alpha value is -0.900. The molecule has 0 unspecified atom stereocenters. The highest BCUT2D eigenvalue weighted by Gasteiger charge is 2.21. The van der Waals surface area contributed by atoms with Crippen molar-refractivity contribution in [3.05, 3.63) is 17.2 Å². The minimum atomic E-state index is 0.445. The minimum absolute atomic E-state index is 0.445. The first-order chi connectivity index (χ1) is 7.59. The summed E-state index contributed by atoms with van der Waals surface area (Å²) in [6.45, 7) is 5.50. The van der Waals surface area contributed by atoms with Crippen molar-refractivity contribution in [2.75, 3.05) is 0 Å². The molecule has 0 aromatic carbocycles. The average Bonchev–Trinajstić information content (AvgIpc) is 2.57. The highest BCUT2D eigenvalue weighted by Crippen LogP contribution is 2.22. The second-order valence-electron chi connectivity index (χ2n) is 4.89. The monoisotopic (exact) mass is 237 g/mol. The number of thiocarbonyl (C=S) groups is 1. The summed E-state index contributed by atoms with van der Waals surface area (Å²) in [6.07, 6.45) is 4.54. The molecule has 0 aliphatic carbocycles. The lowest BCUT2D eigenvalue weighted by Crippen LogP contribution is -2.17. The topological polar surface area (TPSA) is 43.8 Å². The van der Waals surface area contributed by atoms with Crippen molar-refractivity contribution in [3.63, 3.8) is 0 Å². The van der Waals surface area contributed by atoms with E-state index < -0.39 is 0 Å². The van der Waals surface area contributed by atoms with Gasteiger partial charge in [0.05, 0.1) is 0 Å². The van der Waals surface area contributed by atoms with Crippen LogP contribution >= 0.6 is 12.2 Å². The summed E-state index contributed by atoms with van der Waals surface area (Å²) in [7, 11) is 0. The van der Waals surface area contributed by atoms with Gasteiger partial charge in [-0.3, -0.25) is 0 Å². The molecule has 1 aromatic heterocycles. The summed E-state index contributed by atoms with van der Waals surface area (Å²) in [5.41, 5.74) is 7.86. The van der Waals surface area contributed by atoms with Gasteiger partial charge in [0.15, 0.2) is 0 Å². The van der Waals surface area contributed by atoms with E-state index >= 15 is 0 Å². The van der Waals surface area contributed by atoms with E-state index in [9.17, 15) is 0 Å². The van der Waals surface area contributed by atoms with Crippen molar-refractivity contribution in [1.29, 1.82) is 0 Å². The SMILES string of the molecule is CC(C)Cc1nc(C(N)=S)c2n1CCCC2. The Balaban J connectivity index is 2.42. The van der Waals surface area contributed by atoms with Gasteiger partial charge in [-0.15, -0.1) is 0 Å². The van der Waals surface area contributed by atoms with Crippen LogP contribution in [0.15, 0.2) is 0 Å². The normalized spacial score (nSPS) is 15.2. The zero-order valence-corrected chi connectivity index (χ0v) is 10.8. The number of fused-ring (bicyclic) bond motifs is 1. The van der Waals surface area contributed by atoms with Crippen LogP contribution < -0.4 is 5.73 Å². The molecule has 0 fully saturated rings. The predicted octanol–water partition coefficient (Wildman–Crippen LogP) is 2.05. The maximum atomic E-state index is 5.74. The van der Waals surface area contributed by atoms with Gasteiger partial charge in [-0.2, -0.15) is 0 Å². The van der Waals surface area contributed by atoms with Crippen LogP contribution in [0.2, 0.25) is 0 Å². The van der Waals surface area contributed by atoms with Crippen LogP contribution in [0.1, 0.15) is 43.9 Å². The highest BCUT2D eigenvalue weighted by molar-refractivity contribution is 7.80. The summed E-state index contributed by atoms with van der Waals surface area (Å²) < 4.78 is 2.33. The van der Waals surface area contributed by atoms with Gasteiger partial charge in [0, 0.05) is 18.7 Å². The van der Waals surface area contributed by atoms with E-state index in [0.29, 0.717) is 10.9 Å². The fourth-order valence-electron chi connectivity index (χ4n) is 2.34. The summed E-state index contributed by atoms with van der Waals surface area (Å²) in [6, 6.07) is 0. The molecule has 2 heterocycles. The van der Waals surface area contributed by atoms with Crippen LogP contribution in [0.25, 0.3) is 0 Å². The van der Waals surface area contributed by atoms with Crippen LogP contribution in [-0.4, -0.2) is 14.5 Å². The molecule has 88 valence electrons. The Kier molecular flexibility index (Phi) is 3.28. The van der Waals surface area contributed by atoms with Gasteiger partial charge in [0.25, 0.3) is 0 Å². The Morgan fingerprint density at radius 1 is 1.50 bits per heavy atom. The number of hydrogen-bond donors (Lipinski definition) is 1. The maximum absolute atomic E-state index is 5.74. The van der Waals surface area contributed by atoms with Gasteiger partial charge >= 0.3 is 0 Å². The molecule has 1 aliphatic rings. The van der Waals surface area contributed by atoms with Crippen LogP contribution in [0.3, 0.4) is 0 Å². The number of rotatable bonds is 3. The molecular formula is C12H19N3S. The zero-order chi connectivity index (χ0) is 11.7. The number of hydrogen-bond acceptors (Lipinski definition) is 2. The second-order valence-corrected chi connectivity index (χ2v) is 5.33. The molecule has 0 bridgehead atoms. The summed E-state index contributed by atoms with van der Waals surface area (Å²) in [4.78, 5) is 5.07. The molecule has 0 amide bonds. The minimum Gasteiger partial charge on any atom is -0.388 e. The van der Waals surface area contributed by atoms with Gasteiger partial charge in [0.1, 0.15) is 16.5 Å². The quantitative estimate of drug-likeness (QED) is 0.818. The van der Waals surface area contributed by atoms with Crippen molar-refractivity contribution in [3.8, 4) is 0 Å². The van der Waals surface area contributed by atoms with Gasteiger partial charge in [0.2, 0.25) is 0 Å². The molecular weight excluding hydrogens is 218 g/mol. The van der Waals surface area contributed by atoms with Crippen molar-refractivity contribution < 1.29 is 0 Å². The third-order valence-corrected chi connectivity index (χ3v) is 3.21. The van der Waals surface area contributed by atoms with E-state index in [1.807, 2.05) is 0 Å². The fraction of sp³-hybridized carbons (Fsp3) is 0.667. The molecule has 2 rings (SSSR count). The molecule has 0 saturated carbocycles. The molecule has 1 aromatic rings. The van der Waals surface area contributed by atoms with E-state index in [0.717, 1.165) is 30.9 Å². The first-order valence-electron chi connectivity index (χ1n) is 5.97. The molecule has 3 nitrogen and oxygen atoms in total. The van der Waals surface area contributed by atoms with Crippen LogP contribution in [0, 0.1) is 5.92 Å². The molecule has 0 spiro atoms. The Morgan fingerprint density at radius 3 is 2.88 bits per heavy atom. The third kappa shape index (κ3) is 2.12. The Bertz CT molecular complexity index is 407. The summed E-state index contributed by atoms with van der Waals surface area (Å²) in [5, 5.41) is 0. The Morgan fingerprint density at radius 2 is 2.25 bits per heavy atom. The first kappa shape index (κ1) is 11.6. The third-order valence-electron chi connectivity index (χ3n) is 3.02. The first-order valence-corrected chi connectivity index (χ1v) is 6.38. The Labute approximate surface area is 102 Å².